The molecule has 1 aliphatic carbocycles. The van der Waals surface area contributed by atoms with Crippen molar-refractivity contribution in [1.29, 1.82) is 0 Å². The Morgan fingerprint density at radius 3 is 2.75 bits per heavy atom. The van der Waals surface area contributed by atoms with Gasteiger partial charge in [-0.15, -0.1) is 0 Å². The number of anilines is 1. The Hall–Kier alpha value is -0.940. The highest BCUT2D eigenvalue weighted by molar-refractivity contribution is 8.00. The normalized spacial score (nSPS) is 16.9. The van der Waals surface area contributed by atoms with Gasteiger partial charge in [-0.2, -0.15) is 11.8 Å². The lowest BCUT2D eigenvalue weighted by molar-refractivity contribution is 0.0949. The number of carbonyl (C=O) groups is 1. The number of carbonyl (C=O) groups excluding carboxylic acids is 1. The molecule has 1 fully saturated rings. The lowest BCUT2D eigenvalue weighted by Crippen LogP contribution is -2.38. The Labute approximate surface area is 129 Å². The number of rotatable bonds is 5. The van der Waals surface area contributed by atoms with Gasteiger partial charge in [0.25, 0.3) is 5.91 Å². The SMILES string of the molecule is CNc1cc(C(=O)NCC2(SC)CCCC2)cc(Cl)n1. The minimum Gasteiger partial charge on any atom is -0.373 e. The second-order valence-electron chi connectivity index (χ2n) is 5.09. The van der Waals surface area contributed by atoms with Crippen molar-refractivity contribution in [1.82, 2.24) is 10.3 Å². The topological polar surface area (TPSA) is 54.0 Å². The Morgan fingerprint density at radius 1 is 1.45 bits per heavy atom. The number of hydrogen-bond donors (Lipinski definition) is 2. The lowest BCUT2D eigenvalue weighted by Gasteiger charge is -2.26. The molecular formula is C14H20ClN3OS. The summed E-state index contributed by atoms with van der Waals surface area (Å²) in [6.45, 7) is 0.710. The molecule has 2 rings (SSSR count). The molecule has 1 aromatic heterocycles. The first-order chi connectivity index (χ1) is 9.58. The van der Waals surface area contributed by atoms with Crippen LogP contribution < -0.4 is 10.6 Å². The summed E-state index contributed by atoms with van der Waals surface area (Å²) in [6.07, 6.45) is 6.98. The van der Waals surface area contributed by atoms with Crippen LogP contribution in [0.15, 0.2) is 12.1 Å². The number of thioether (sulfide) groups is 1. The minimum atomic E-state index is -0.0916. The smallest absolute Gasteiger partial charge is 0.251 e. The molecule has 1 aromatic rings. The average molecular weight is 314 g/mol. The van der Waals surface area contributed by atoms with Crippen LogP contribution in [0, 0.1) is 0 Å². The average Bonchev–Trinajstić information content (AvgIpc) is 2.93. The van der Waals surface area contributed by atoms with Gasteiger partial charge in [0.05, 0.1) is 0 Å². The molecule has 0 aliphatic heterocycles. The number of nitrogens with zero attached hydrogens (tertiary/aromatic N) is 1. The van der Waals surface area contributed by atoms with Gasteiger partial charge < -0.3 is 10.6 Å². The van der Waals surface area contributed by atoms with Crippen molar-refractivity contribution in [2.24, 2.45) is 0 Å². The third-order valence-electron chi connectivity index (χ3n) is 3.83. The van der Waals surface area contributed by atoms with Crippen molar-refractivity contribution < 1.29 is 4.79 Å². The molecule has 6 heteroatoms. The van der Waals surface area contributed by atoms with Crippen LogP contribution >= 0.6 is 23.4 Å². The second-order valence-corrected chi connectivity index (χ2v) is 6.75. The summed E-state index contributed by atoms with van der Waals surface area (Å²) in [5.74, 6) is 0.509. The van der Waals surface area contributed by atoms with E-state index in [1.807, 2.05) is 11.8 Å². The van der Waals surface area contributed by atoms with Crippen LogP contribution in [0.1, 0.15) is 36.0 Å². The van der Waals surface area contributed by atoms with Gasteiger partial charge in [0.15, 0.2) is 0 Å². The molecular weight excluding hydrogens is 294 g/mol. The van der Waals surface area contributed by atoms with Crippen molar-refractivity contribution in [2.45, 2.75) is 30.4 Å². The molecule has 0 aromatic carbocycles. The van der Waals surface area contributed by atoms with E-state index in [1.165, 1.54) is 25.7 Å². The van der Waals surface area contributed by atoms with E-state index in [2.05, 4.69) is 21.9 Å². The van der Waals surface area contributed by atoms with Crippen molar-refractivity contribution in [3.05, 3.63) is 22.8 Å². The van der Waals surface area contributed by atoms with E-state index >= 15 is 0 Å². The predicted molar refractivity (Wildman–Crippen MR) is 85.8 cm³/mol. The Balaban J connectivity index is 2.03. The summed E-state index contributed by atoms with van der Waals surface area (Å²) >= 11 is 7.78. The monoisotopic (exact) mass is 313 g/mol. The summed E-state index contributed by atoms with van der Waals surface area (Å²) in [7, 11) is 1.75. The summed E-state index contributed by atoms with van der Waals surface area (Å²) < 4.78 is 0.207. The van der Waals surface area contributed by atoms with Gasteiger partial charge in [-0.25, -0.2) is 4.98 Å². The van der Waals surface area contributed by atoms with Gasteiger partial charge >= 0.3 is 0 Å². The fraction of sp³-hybridized carbons (Fsp3) is 0.571. The first-order valence-corrected chi connectivity index (χ1v) is 8.37. The van der Waals surface area contributed by atoms with E-state index in [4.69, 9.17) is 11.6 Å². The van der Waals surface area contributed by atoms with Crippen LogP contribution in [-0.2, 0) is 0 Å². The summed E-state index contributed by atoms with van der Waals surface area (Å²) in [5.41, 5.74) is 0.545. The zero-order valence-electron chi connectivity index (χ0n) is 11.8. The van der Waals surface area contributed by atoms with Crippen LogP contribution in [0.4, 0.5) is 5.82 Å². The Morgan fingerprint density at radius 2 is 2.15 bits per heavy atom. The molecule has 1 heterocycles. The standard InChI is InChI=1S/C14H20ClN3OS/c1-16-12-8-10(7-11(15)18-12)13(19)17-9-14(20-2)5-3-4-6-14/h7-8H,3-6,9H2,1-2H3,(H,16,18)(H,17,19). The molecule has 0 radical (unpaired) electrons. The van der Waals surface area contributed by atoms with Crippen LogP contribution in [0.2, 0.25) is 5.15 Å². The fourth-order valence-electron chi connectivity index (χ4n) is 2.57. The maximum atomic E-state index is 12.2. The van der Waals surface area contributed by atoms with E-state index < -0.39 is 0 Å². The van der Waals surface area contributed by atoms with Crippen molar-refractivity contribution in [2.75, 3.05) is 25.2 Å². The van der Waals surface area contributed by atoms with Crippen LogP contribution in [0.5, 0.6) is 0 Å². The molecule has 1 aliphatic rings. The van der Waals surface area contributed by atoms with Gasteiger partial charge in [0.2, 0.25) is 0 Å². The number of pyridine rings is 1. The number of halogens is 1. The highest BCUT2D eigenvalue weighted by Gasteiger charge is 2.33. The molecule has 2 N–H and O–H groups in total. The number of nitrogens with one attached hydrogen (secondary N) is 2. The highest BCUT2D eigenvalue weighted by atomic mass is 35.5. The molecule has 1 amide bonds. The van der Waals surface area contributed by atoms with Gasteiger partial charge in [-0.05, 0) is 31.2 Å². The van der Waals surface area contributed by atoms with E-state index in [0.717, 1.165) is 0 Å². The van der Waals surface area contributed by atoms with E-state index in [-0.39, 0.29) is 10.7 Å². The first-order valence-electron chi connectivity index (χ1n) is 6.77. The second kappa shape index (κ2) is 6.68. The van der Waals surface area contributed by atoms with Gasteiger partial charge in [-0.3, -0.25) is 4.79 Å². The minimum absolute atomic E-state index is 0.0916. The highest BCUT2D eigenvalue weighted by Crippen LogP contribution is 2.39. The molecule has 20 heavy (non-hydrogen) atoms. The third-order valence-corrected chi connectivity index (χ3v) is 5.44. The van der Waals surface area contributed by atoms with Gasteiger partial charge in [0, 0.05) is 23.9 Å². The summed E-state index contributed by atoms with van der Waals surface area (Å²) in [5, 5.41) is 6.26. The number of amides is 1. The van der Waals surface area contributed by atoms with Crippen LogP contribution in [0.25, 0.3) is 0 Å². The molecule has 110 valence electrons. The van der Waals surface area contributed by atoms with Crippen molar-refractivity contribution in [3.8, 4) is 0 Å². The zero-order valence-corrected chi connectivity index (χ0v) is 13.4. The molecule has 0 atom stereocenters. The van der Waals surface area contributed by atoms with Crippen LogP contribution in [0.3, 0.4) is 0 Å². The van der Waals surface area contributed by atoms with Gasteiger partial charge in [-0.1, -0.05) is 24.4 Å². The molecule has 0 bridgehead atoms. The number of aromatic nitrogens is 1. The molecule has 1 saturated carbocycles. The summed E-state index contributed by atoms with van der Waals surface area (Å²) in [6, 6.07) is 3.31. The molecule has 0 spiro atoms. The lowest BCUT2D eigenvalue weighted by atomic mass is 10.1. The third kappa shape index (κ3) is 3.58. The molecule has 0 unspecified atom stereocenters. The molecule has 0 saturated heterocycles. The first kappa shape index (κ1) is 15.4. The predicted octanol–water partition coefficient (Wildman–Crippen LogP) is 3.18. The fourth-order valence-corrected chi connectivity index (χ4v) is 3.69. The Kier molecular flexibility index (Phi) is 5.16. The van der Waals surface area contributed by atoms with E-state index in [9.17, 15) is 4.79 Å². The Bertz CT molecular complexity index is 489. The summed E-state index contributed by atoms with van der Waals surface area (Å²) in [4.78, 5) is 16.3. The largest absolute Gasteiger partial charge is 0.373 e. The quantitative estimate of drug-likeness (QED) is 0.820. The van der Waals surface area contributed by atoms with Gasteiger partial charge in [0.1, 0.15) is 11.0 Å². The van der Waals surface area contributed by atoms with Crippen LogP contribution in [-0.4, -0.2) is 35.5 Å². The van der Waals surface area contributed by atoms with Crippen molar-refractivity contribution in [3.63, 3.8) is 0 Å². The molecule has 4 nitrogen and oxygen atoms in total. The maximum Gasteiger partial charge on any atom is 0.251 e. The van der Waals surface area contributed by atoms with Crippen molar-refractivity contribution >= 4 is 35.1 Å². The maximum absolute atomic E-state index is 12.2. The zero-order chi connectivity index (χ0) is 14.6. The van der Waals surface area contributed by atoms with E-state index in [0.29, 0.717) is 23.1 Å². The van der Waals surface area contributed by atoms with E-state index in [1.54, 1.807) is 19.2 Å². The number of hydrogen-bond acceptors (Lipinski definition) is 4.